The molecule has 2 rings (SSSR count). The molecule has 108 valence electrons. The highest BCUT2D eigenvalue weighted by Gasteiger charge is 2.32. The van der Waals surface area contributed by atoms with Crippen molar-refractivity contribution in [1.82, 2.24) is 5.32 Å². The topological polar surface area (TPSA) is 58.6 Å². The maximum Gasteiger partial charge on any atom is 0.244 e. The number of aliphatic hydroxyl groups is 1. The van der Waals surface area contributed by atoms with E-state index >= 15 is 0 Å². The van der Waals surface area contributed by atoms with Gasteiger partial charge in [0.1, 0.15) is 5.60 Å². The number of hydrogen-bond donors (Lipinski definition) is 2. The smallest absolute Gasteiger partial charge is 0.244 e. The summed E-state index contributed by atoms with van der Waals surface area (Å²) in [5, 5.41) is 12.7. The van der Waals surface area contributed by atoms with Gasteiger partial charge < -0.3 is 15.2 Å². The minimum atomic E-state index is -0.923. The number of halogens is 1. The monoisotopic (exact) mass is 339 g/mol. The number of carbonyl (C=O) groups excluding carboxylic acids is 1. The van der Waals surface area contributed by atoms with Gasteiger partial charge in [-0.05, 0) is 30.2 Å². The van der Waals surface area contributed by atoms with Crippen LogP contribution in [0.1, 0.15) is 17.5 Å². The van der Waals surface area contributed by atoms with Crippen LogP contribution >= 0.6 is 15.9 Å². The molecule has 0 aliphatic carbocycles. The van der Waals surface area contributed by atoms with Crippen molar-refractivity contribution in [3.8, 4) is 0 Å². The lowest BCUT2D eigenvalue weighted by Gasteiger charge is -2.19. The number of aryl methyl sites for hydroxylation is 1. The Morgan fingerprint density at radius 1 is 1.60 bits per heavy atom. The van der Waals surface area contributed by atoms with Crippen molar-refractivity contribution in [3.05, 3.63) is 39.9 Å². The number of benzene rings is 1. The Morgan fingerprint density at radius 2 is 2.40 bits per heavy atom. The lowest BCUT2D eigenvalue weighted by Crippen LogP contribution is -2.42. The Balaban J connectivity index is 1.89. The van der Waals surface area contributed by atoms with Gasteiger partial charge in [-0.15, -0.1) is 0 Å². The predicted molar refractivity (Wildman–Crippen MR) is 81.3 cm³/mol. The normalized spacial score (nSPS) is 22.4. The molecule has 0 radical (unpaired) electrons. The number of hydrogen-bond acceptors (Lipinski definition) is 3. The molecular formula is C15H18BrNO3. The van der Waals surface area contributed by atoms with E-state index < -0.39 is 5.60 Å². The number of carbonyl (C=O) groups is 1. The standard InChI is InChI=1S/C15H18BrNO3/c1-11-2-3-12(13(16)8-11)4-5-14(18)17-9-15(19)6-7-20-10-15/h2-5,8,19H,6-7,9-10H2,1H3,(H,17,18)/b5-4+. The van der Waals surface area contributed by atoms with Crippen LogP contribution in [-0.2, 0) is 9.53 Å². The third-order valence-electron chi connectivity index (χ3n) is 3.24. The van der Waals surface area contributed by atoms with Crippen LogP contribution in [0.4, 0.5) is 0 Å². The molecule has 1 aromatic carbocycles. The molecule has 1 saturated heterocycles. The van der Waals surface area contributed by atoms with Crippen LogP contribution in [0.5, 0.6) is 0 Å². The highest BCUT2D eigenvalue weighted by atomic mass is 79.9. The van der Waals surface area contributed by atoms with Gasteiger partial charge in [-0.1, -0.05) is 28.1 Å². The Labute approximate surface area is 127 Å². The fourth-order valence-corrected chi connectivity index (χ4v) is 2.60. The molecule has 1 fully saturated rings. The van der Waals surface area contributed by atoms with Gasteiger partial charge in [0, 0.05) is 30.1 Å². The summed E-state index contributed by atoms with van der Waals surface area (Å²) >= 11 is 3.46. The minimum absolute atomic E-state index is 0.214. The number of amides is 1. The molecule has 1 aromatic rings. The summed E-state index contributed by atoms with van der Waals surface area (Å²) in [5.41, 5.74) is 1.17. The van der Waals surface area contributed by atoms with Crippen molar-refractivity contribution in [1.29, 1.82) is 0 Å². The van der Waals surface area contributed by atoms with Crippen molar-refractivity contribution >= 4 is 27.9 Å². The molecule has 1 aliphatic rings. The van der Waals surface area contributed by atoms with Gasteiger partial charge in [0.15, 0.2) is 0 Å². The average Bonchev–Trinajstić information content (AvgIpc) is 2.83. The van der Waals surface area contributed by atoms with Crippen molar-refractivity contribution in [2.24, 2.45) is 0 Å². The summed E-state index contributed by atoms with van der Waals surface area (Å²) in [4.78, 5) is 11.7. The van der Waals surface area contributed by atoms with Crippen LogP contribution in [0, 0.1) is 6.92 Å². The number of rotatable bonds is 4. The fourth-order valence-electron chi connectivity index (χ4n) is 1.98. The highest BCUT2D eigenvalue weighted by Crippen LogP contribution is 2.20. The van der Waals surface area contributed by atoms with E-state index in [4.69, 9.17) is 4.74 Å². The molecule has 1 unspecified atom stereocenters. The first-order chi connectivity index (χ1) is 9.48. The molecule has 2 N–H and O–H groups in total. The van der Waals surface area contributed by atoms with E-state index in [0.29, 0.717) is 13.0 Å². The maximum atomic E-state index is 11.7. The summed E-state index contributed by atoms with van der Waals surface area (Å²) in [6, 6.07) is 5.93. The third-order valence-corrected chi connectivity index (χ3v) is 3.93. The Hall–Kier alpha value is -1.17. The summed E-state index contributed by atoms with van der Waals surface area (Å²) in [7, 11) is 0. The van der Waals surface area contributed by atoms with E-state index in [0.717, 1.165) is 15.6 Å². The summed E-state index contributed by atoms with van der Waals surface area (Å²) in [5.74, 6) is -0.224. The molecule has 1 atom stereocenters. The number of nitrogens with one attached hydrogen (secondary N) is 1. The molecule has 0 saturated carbocycles. The summed E-state index contributed by atoms with van der Waals surface area (Å²) in [6.45, 7) is 3.04. The van der Waals surface area contributed by atoms with Gasteiger partial charge in [0.05, 0.1) is 6.61 Å². The first-order valence-electron chi connectivity index (χ1n) is 6.51. The molecule has 0 spiro atoms. The van der Waals surface area contributed by atoms with Crippen LogP contribution in [0.3, 0.4) is 0 Å². The second kappa shape index (κ2) is 6.52. The first-order valence-corrected chi connectivity index (χ1v) is 7.30. The van der Waals surface area contributed by atoms with Crippen LogP contribution in [0.25, 0.3) is 6.08 Å². The van der Waals surface area contributed by atoms with Gasteiger partial charge in [-0.2, -0.15) is 0 Å². The molecule has 1 heterocycles. The zero-order valence-corrected chi connectivity index (χ0v) is 12.9. The Kier molecular flexibility index (Phi) is 4.96. The van der Waals surface area contributed by atoms with E-state index in [1.54, 1.807) is 6.08 Å². The zero-order chi connectivity index (χ0) is 14.6. The Bertz CT molecular complexity index is 522. The van der Waals surface area contributed by atoms with Crippen LogP contribution in [-0.4, -0.2) is 36.4 Å². The van der Waals surface area contributed by atoms with Crippen LogP contribution in [0.15, 0.2) is 28.7 Å². The predicted octanol–water partition coefficient (Wildman–Crippen LogP) is 2.04. The van der Waals surface area contributed by atoms with E-state index in [9.17, 15) is 9.90 Å². The van der Waals surface area contributed by atoms with Gasteiger partial charge in [-0.25, -0.2) is 0 Å². The molecule has 20 heavy (non-hydrogen) atoms. The molecule has 5 heteroatoms. The molecule has 1 aliphatic heterocycles. The van der Waals surface area contributed by atoms with Crippen LogP contribution < -0.4 is 5.32 Å². The van der Waals surface area contributed by atoms with Gasteiger partial charge >= 0.3 is 0 Å². The minimum Gasteiger partial charge on any atom is -0.386 e. The van der Waals surface area contributed by atoms with Gasteiger partial charge in [0.2, 0.25) is 5.91 Å². The fraction of sp³-hybridized carbons (Fsp3) is 0.400. The Morgan fingerprint density at radius 3 is 3.05 bits per heavy atom. The summed E-state index contributed by atoms with van der Waals surface area (Å²) in [6.07, 6.45) is 3.77. The molecule has 0 bridgehead atoms. The quantitative estimate of drug-likeness (QED) is 0.825. The number of ether oxygens (including phenoxy) is 1. The molecular weight excluding hydrogens is 322 g/mol. The largest absolute Gasteiger partial charge is 0.386 e. The zero-order valence-electron chi connectivity index (χ0n) is 11.4. The van der Waals surface area contributed by atoms with Crippen molar-refractivity contribution < 1.29 is 14.6 Å². The first kappa shape index (κ1) is 15.2. The van der Waals surface area contributed by atoms with E-state index in [1.807, 2.05) is 25.1 Å². The SMILES string of the molecule is Cc1ccc(/C=C/C(=O)NCC2(O)CCOC2)c(Br)c1. The van der Waals surface area contributed by atoms with Gasteiger partial charge in [-0.3, -0.25) is 4.79 Å². The second-order valence-corrected chi connectivity index (χ2v) is 5.96. The van der Waals surface area contributed by atoms with Crippen LogP contribution in [0.2, 0.25) is 0 Å². The molecule has 0 aromatic heterocycles. The summed E-state index contributed by atoms with van der Waals surface area (Å²) < 4.78 is 6.07. The molecule has 4 nitrogen and oxygen atoms in total. The third kappa shape index (κ3) is 4.16. The van der Waals surface area contributed by atoms with E-state index in [-0.39, 0.29) is 19.1 Å². The highest BCUT2D eigenvalue weighted by molar-refractivity contribution is 9.10. The molecule has 1 amide bonds. The lowest BCUT2D eigenvalue weighted by molar-refractivity contribution is -0.117. The van der Waals surface area contributed by atoms with Crippen molar-refractivity contribution in [2.75, 3.05) is 19.8 Å². The van der Waals surface area contributed by atoms with E-state index in [2.05, 4.69) is 21.2 Å². The average molecular weight is 340 g/mol. The maximum absolute atomic E-state index is 11.7. The second-order valence-electron chi connectivity index (χ2n) is 5.10. The van der Waals surface area contributed by atoms with E-state index in [1.165, 1.54) is 6.08 Å². The van der Waals surface area contributed by atoms with Crippen molar-refractivity contribution in [2.45, 2.75) is 18.9 Å². The lowest BCUT2D eigenvalue weighted by atomic mass is 10.0. The van der Waals surface area contributed by atoms with Gasteiger partial charge in [0.25, 0.3) is 0 Å². The van der Waals surface area contributed by atoms with Crippen molar-refractivity contribution in [3.63, 3.8) is 0 Å².